The first-order chi connectivity index (χ1) is 5.65. The second kappa shape index (κ2) is 3.47. The average Bonchev–Trinajstić information content (AvgIpc) is 2.01. The number of hydrogen-bond acceptors (Lipinski definition) is 3. The first-order valence-electron chi connectivity index (χ1n) is 4.03. The Hall–Kier alpha value is -1.19. The summed E-state index contributed by atoms with van der Waals surface area (Å²) >= 11 is 0. The van der Waals surface area contributed by atoms with Gasteiger partial charge in [-0.25, -0.2) is 0 Å². The van der Waals surface area contributed by atoms with E-state index in [-0.39, 0.29) is 11.9 Å². The number of nitrogens with one attached hydrogen (secondary N) is 1. The fourth-order valence-electron chi connectivity index (χ4n) is 1.09. The van der Waals surface area contributed by atoms with Crippen LogP contribution in [0.1, 0.15) is 13.8 Å². The van der Waals surface area contributed by atoms with Crippen molar-refractivity contribution in [3.8, 4) is 0 Å². The minimum Gasteiger partial charge on any atom is -0.478 e. The van der Waals surface area contributed by atoms with E-state index in [1.165, 1.54) is 4.90 Å². The van der Waals surface area contributed by atoms with Gasteiger partial charge in [0.2, 0.25) is 11.8 Å². The van der Waals surface area contributed by atoms with E-state index < -0.39 is 0 Å². The highest BCUT2D eigenvalue weighted by Gasteiger charge is 2.22. The van der Waals surface area contributed by atoms with Crippen molar-refractivity contribution >= 4 is 5.91 Å². The molecule has 1 aliphatic heterocycles. The Bertz CT molecular complexity index is 213. The van der Waals surface area contributed by atoms with Gasteiger partial charge in [-0.1, -0.05) is 0 Å². The smallest absolute Gasteiger partial charge is 0.248 e. The van der Waals surface area contributed by atoms with Crippen LogP contribution in [-0.2, 0) is 9.53 Å². The Morgan fingerprint density at radius 2 is 2.42 bits per heavy atom. The molecule has 0 saturated carbocycles. The van der Waals surface area contributed by atoms with Gasteiger partial charge in [0.25, 0.3) is 0 Å². The largest absolute Gasteiger partial charge is 0.478 e. The Morgan fingerprint density at radius 3 is 2.92 bits per heavy atom. The average molecular weight is 170 g/mol. The topological polar surface area (TPSA) is 41.6 Å². The van der Waals surface area contributed by atoms with E-state index in [1.54, 1.807) is 13.2 Å². The molecule has 0 aromatic rings. The highest BCUT2D eigenvalue weighted by atomic mass is 16.5. The summed E-state index contributed by atoms with van der Waals surface area (Å²) in [6, 6.07) is -0.193. The van der Waals surface area contributed by atoms with Crippen LogP contribution in [0.4, 0.5) is 0 Å². The van der Waals surface area contributed by atoms with E-state index in [0.29, 0.717) is 12.5 Å². The van der Waals surface area contributed by atoms with Crippen molar-refractivity contribution < 1.29 is 9.53 Å². The molecule has 1 N–H and O–H groups in total. The van der Waals surface area contributed by atoms with Crippen LogP contribution in [0.3, 0.4) is 0 Å². The molecule has 0 aliphatic carbocycles. The van der Waals surface area contributed by atoms with Crippen LogP contribution in [0.5, 0.6) is 0 Å². The molecule has 68 valence electrons. The second-order valence-electron chi connectivity index (χ2n) is 2.74. The molecule has 4 heteroatoms. The van der Waals surface area contributed by atoms with Gasteiger partial charge in [0.05, 0.1) is 12.8 Å². The fourth-order valence-corrected chi connectivity index (χ4v) is 1.09. The third-order valence-corrected chi connectivity index (χ3v) is 1.69. The molecule has 0 aromatic heterocycles. The third kappa shape index (κ3) is 1.69. The highest BCUT2D eigenvalue weighted by molar-refractivity contribution is 5.83. The molecule has 1 amide bonds. The van der Waals surface area contributed by atoms with E-state index in [9.17, 15) is 4.79 Å². The summed E-state index contributed by atoms with van der Waals surface area (Å²) in [6.07, 6.45) is 1.66. The number of carbonyl (C=O) groups excluding carboxylic acids is 1. The zero-order valence-electron chi connectivity index (χ0n) is 7.63. The number of hydrogen-bond donors (Lipinski definition) is 1. The van der Waals surface area contributed by atoms with Crippen LogP contribution < -0.4 is 5.32 Å². The minimum atomic E-state index is -0.193. The lowest BCUT2D eigenvalue weighted by molar-refractivity contribution is -0.130. The number of amides is 1. The maximum atomic E-state index is 11.2. The monoisotopic (exact) mass is 170 g/mol. The zero-order chi connectivity index (χ0) is 9.14. The molecule has 0 bridgehead atoms. The maximum Gasteiger partial charge on any atom is 0.248 e. The van der Waals surface area contributed by atoms with Crippen LogP contribution in [0.25, 0.3) is 0 Å². The summed E-state index contributed by atoms with van der Waals surface area (Å²) in [5.41, 5.74) is 0. The number of ether oxygens (including phenoxy) is 1. The molecule has 4 nitrogen and oxygen atoms in total. The molecule has 1 atom stereocenters. The van der Waals surface area contributed by atoms with Crippen molar-refractivity contribution in [1.82, 2.24) is 10.2 Å². The van der Waals surface area contributed by atoms with Gasteiger partial charge >= 0.3 is 0 Å². The van der Waals surface area contributed by atoms with Crippen molar-refractivity contribution in [2.75, 3.05) is 13.7 Å². The summed E-state index contributed by atoms with van der Waals surface area (Å²) in [5.74, 6) is 0.713. The quantitative estimate of drug-likeness (QED) is 0.647. The van der Waals surface area contributed by atoms with Gasteiger partial charge < -0.3 is 15.0 Å². The van der Waals surface area contributed by atoms with Crippen molar-refractivity contribution in [3.63, 3.8) is 0 Å². The van der Waals surface area contributed by atoms with Gasteiger partial charge in [-0.2, -0.15) is 0 Å². The molecule has 12 heavy (non-hydrogen) atoms. The van der Waals surface area contributed by atoms with Crippen LogP contribution in [0.2, 0.25) is 0 Å². The van der Waals surface area contributed by atoms with E-state index in [4.69, 9.17) is 4.74 Å². The van der Waals surface area contributed by atoms with Crippen LogP contribution in [-0.4, -0.2) is 30.5 Å². The number of nitrogens with zero attached hydrogens (tertiary/aromatic N) is 1. The Kier molecular flexibility index (Phi) is 2.58. The van der Waals surface area contributed by atoms with E-state index >= 15 is 0 Å². The molecule has 0 aromatic carbocycles. The molecule has 0 spiro atoms. The summed E-state index contributed by atoms with van der Waals surface area (Å²) in [5, 5.41) is 2.95. The lowest BCUT2D eigenvalue weighted by atomic mass is 10.2. The predicted octanol–water partition coefficient (Wildman–Crippen LogP) is 0.272. The predicted molar refractivity (Wildman–Crippen MR) is 45.1 cm³/mol. The lowest BCUT2D eigenvalue weighted by Gasteiger charge is -2.27. The minimum absolute atomic E-state index is 0.0541. The first-order valence-corrected chi connectivity index (χ1v) is 4.03. The third-order valence-electron chi connectivity index (χ3n) is 1.69. The standard InChI is InChI=1S/C8H14N2O2/c1-4-12-7-5-10(3)8(11)6(2)9-7/h5-6,9H,4H2,1-3H3. The molecule has 0 saturated heterocycles. The number of rotatable bonds is 2. The van der Waals surface area contributed by atoms with Crippen molar-refractivity contribution in [1.29, 1.82) is 0 Å². The van der Waals surface area contributed by atoms with Gasteiger partial charge in [0.15, 0.2) is 0 Å². The van der Waals surface area contributed by atoms with E-state index in [0.717, 1.165) is 0 Å². The molecular formula is C8H14N2O2. The Balaban J connectivity index is 2.67. The maximum absolute atomic E-state index is 11.2. The first kappa shape index (κ1) is 8.90. The zero-order valence-corrected chi connectivity index (χ0v) is 7.63. The van der Waals surface area contributed by atoms with Crippen molar-refractivity contribution in [3.05, 3.63) is 12.1 Å². The SMILES string of the molecule is CCOC1=CN(C)C(=O)C(C)N1. The van der Waals surface area contributed by atoms with E-state index in [1.807, 2.05) is 13.8 Å². The molecule has 0 fully saturated rings. The summed E-state index contributed by atoms with van der Waals surface area (Å²) in [4.78, 5) is 12.8. The van der Waals surface area contributed by atoms with Crippen LogP contribution in [0, 0.1) is 0 Å². The molecule has 1 heterocycles. The van der Waals surface area contributed by atoms with Gasteiger partial charge in [0.1, 0.15) is 6.04 Å². The molecule has 0 radical (unpaired) electrons. The van der Waals surface area contributed by atoms with Gasteiger partial charge in [-0.15, -0.1) is 0 Å². The molecule has 1 unspecified atom stereocenters. The summed E-state index contributed by atoms with van der Waals surface area (Å²) in [6.45, 7) is 4.32. The Labute approximate surface area is 72.2 Å². The summed E-state index contributed by atoms with van der Waals surface area (Å²) in [7, 11) is 1.72. The summed E-state index contributed by atoms with van der Waals surface area (Å²) < 4.78 is 5.23. The second-order valence-corrected chi connectivity index (χ2v) is 2.74. The molecule has 1 rings (SSSR count). The van der Waals surface area contributed by atoms with Crippen LogP contribution in [0.15, 0.2) is 12.1 Å². The number of likely N-dealkylation sites (N-methyl/N-ethyl adjacent to an activating group) is 1. The fraction of sp³-hybridized carbons (Fsp3) is 0.625. The van der Waals surface area contributed by atoms with Gasteiger partial charge in [-0.3, -0.25) is 4.79 Å². The molecular weight excluding hydrogens is 156 g/mol. The molecule has 1 aliphatic rings. The van der Waals surface area contributed by atoms with Gasteiger partial charge in [-0.05, 0) is 13.8 Å². The van der Waals surface area contributed by atoms with Gasteiger partial charge in [0, 0.05) is 7.05 Å². The van der Waals surface area contributed by atoms with Crippen LogP contribution >= 0.6 is 0 Å². The van der Waals surface area contributed by atoms with Crippen molar-refractivity contribution in [2.24, 2.45) is 0 Å². The number of carbonyl (C=O) groups is 1. The lowest BCUT2D eigenvalue weighted by Crippen LogP contribution is -2.45. The van der Waals surface area contributed by atoms with E-state index in [2.05, 4.69) is 5.32 Å². The highest BCUT2D eigenvalue weighted by Crippen LogP contribution is 2.06. The van der Waals surface area contributed by atoms with Crippen molar-refractivity contribution in [2.45, 2.75) is 19.9 Å². The normalized spacial score (nSPS) is 23.2. The Morgan fingerprint density at radius 1 is 1.75 bits per heavy atom.